The molecule has 1 aliphatic rings. The van der Waals surface area contributed by atoms with Crippen LogP contribution in [0.15, 0.2) is 23.1 Å². The van der Waals surface area contributed by atoms with E-state index in [-0.39, 0.29) is 23.0 Å². The lowest BCUT2D eigenvalue weighted by Crippen LogP contribution is -2.33. The molecule has 2 rings (SSSR count). The number of nitrogen functional groups attached to an aromatic ring is 1. The predicted molar refractivity (Wildman–Crippen MR) is 71.3 cm³/mol. The average molecular weight is 286 g/mol. The van der Waals surface area contributed by atoms with Gasteiger partial charge in [-0.15, -0.1) is 0 Å². The van der Waals surface area contributed by atoms with E-state index in [1.165, 1.54) is 25.3 Å². The second kappa shape index (κ2) is 5.36. The molecule has 1 aromatic rings. The van der Waals surface area contributed by atoms with E-state index in [4.69, 9.17) is 10.5 Å². The first-order valence-electron chi connectivity index (χ1n) is 6.05. The third-order valence-corrected chi connectivity index (χ3v) is 4.65. The van der Waals surface area contributed by atoms with E-state index in [0.29, 0.717) is 5.75 Å². The molecule has 0 heterocycles. The molecule has 0 bridgehead atoms. The van der Waals surface area contributed by atoms with Crippen LogP contribution in [0.1, 0.15) is 12.8 Å². The highest BCUT2D eigenvalue weighted by atomic mass is 32.2. The lowest BCUT2D eigenvalue weighted by molar-refractivity contribution is 0.155. The van der Waals surface area contributed by atoms with Crippen molar-refractivity contribution < 1.29 is 18.3 Å². The molecule has 1 aromatic carbocycles. The van der Waals surface area contributed by atoms with Crippen molar-refractivity contribution in [1.82, 2.24) is 4.72 Å². The van der Waals surface area contributed by atoms with E-state index < -0.39 is 16.1 Å². The van der Waals surface area contributed by atoms with E-state index in [1.807, 2.05) is 0 Å². The van der Waals surface area contributed by atoms with Crippen molar-refractivity contribution in [3.05, 3.63) is 18.2 Å². The number of hydrogen-bond donors (Lipinski definition) is 3. The maximum absolute atomic E-state index is 12.1. The van der Waals surface area contributed by atoms with E-state index in [9.17, 15) is 13.5 Å². The van der Waals surface area contributed by atoms with Gasteiger partial charge in [-0.25, -0.2) is 13.1 Å². The lowest BCUT2D eigenvalue weighted by Gasteiger charge is -2.13. The molecule has 0 aromatic heterocycles. The first kappa shape index (κ1) is 14.1. The number of sulfonamides is 1. The fourth-order valence-electron chi connectivity index (χ4n) is 1.82. The van der Waals surface area contributed by atoms with Gasteiger partial charge in [-0.05, 0) is 30.9 Å². The Hall–Kier alpha value is -1.31. The molecule has 4 N–H and O–H groups in total. The molecule has 1 aliphatic carbocycles. The van der Waals surface area contributed by atoms with E-state index in [1.54, 1.807) is 0 Å². The summed E-state index contributed by atoms with van der Waals surface area (Å²) >= 11 is 0. The van der Waals surface area contributed by atoms with Crippen LogP contribution in [0.4, 0.5) is 5.69 Å². The lowest BCUT2D eigenvalue weighted by atomic mass is 10.2. The van der Waals surface area contributed by atoms with Crippen molar-refractivity contribution in [2.75, 3.05) is 19.4 Å². The fourth-order valence-corrected chi connectivity index (χ4v) is 2.98. The maximum Gasteiger partial charge on any atom is 0.242 e. The molecular formula is C12H18N2O4S. The molecule has 19 heavy (non-hydrogen) atoms. The quantitative estimate of drug-likeness (QED) is 0.654. The van der Waals surface area contributed by atoms with Crippen LogP contribution in [-0.2, 0) is 10.0 Å². The summed E-state index contributed by atoms with van der Waals surface area (Å²) in [6.45, 7) is 0.0124. The molecule has 0 radical (unpaired) electrons. The summed E-state index contributed by atoms with van der Waals surface area (Å²) in [4.78, 5) is -0.00343. The first-order chi connectivity index (χ1) is 8.94. The number of aliphatic hydroxyl groups excluding tert-OH is 1. The third-order valence-electron chi connectivity index (χ3n) is 3.16. The zero-order valence-electron chi connectivity index (χ0n) is 10.7. The number of nitrogens with one attached hydrogen (secondary N) is 1. The van der Waals surface area contributed by atoms with Crippen LogP contribution >= 0.6 is 0 Å². The molecule has 1 fully saturated rings. The number of nitrogens with two attached hydrogens (primary N) is 1. The van der Waals surface area contributed by atoms with E-state index in [2.05, 4.69) is 4.72 Å². The van der Waals surface area contributed by atoms with Gasteiger partial charge in [0, 0.05) is 12.6 Å². The Kier molecular flexibility index (Phi) is 3.98. The molecule has 1 unspecified atom stereocenters. The molecule has 7 heteroatoms. The Labute approximate surface area is 112 Å². The van der Waals surface area contributed by atoms with Gasteiger partial charge in [-0.1, -0.05) is 0 Å². The number of rotatable bonds is 6. The van der Waals surface area contributed by atoms with Crippen molar-refractivity contribution in [1.29, 1.82) is 0 Å². The predicted octanol–water partition coefficient (Wildman–Crippen LogP) is 0.327. The highest BCUT2D eigenvalue weighted by molar-refractivity contribution is 7.89. The number of hydrogen-bond acceptors (Lipinski definition) is 5. The SMILES string of the molecule is COc1ccc(S(=O)(=O)NCC(O)C2CC2)c(N)c1. The molecular weight excluding hydrogens is 268 g/mol. The van der Waals surface area contributed by atoms with Crippen LogP contribution in [0.25, 0.3) is 0 Å². The second-order valence-electron chi connectivity index (χ2n) is 4.66. The van der Waals surface area contributed by atoms with E-state index in [0.717, 1.165) is 12.8 Å². The Balaban J connectivity index is 2.09. The van der Waals surface area contributed by atoms with Gasteiger partial charge < -0.3 is 15.6 Å². The number of ether oxygens (including phenoxy) is 1. The van der Waals surface area contributed by atoms with Crippen molar-refractivity contribution in [3.63, 3.8) is 0 Å². The normalized spacial score (nSPS) is 17.2. The highest BCUT2D eigenvalue weighted by Crippen LogP contribution is 2.32. The fraction of sp³-hybridized carbons (Fsp3) is 0.500. The summed E-state index contributed by atoms with van der Waals surface area (Å²) < 4.78 is 31.5. The summed E-state index contributed by atoms with van der Waals surface area (Å²) in [5.74, 6) is 0.713. The van der Waals surface area contributed by atoms with Gasteiger partial charge in [0.2, 0.25) is 10.0 Å². The van der Waals surface area contributed by atoms with Crippen molar-refractivity contribution in [2.24, 2.45) is 5.92 Å². The smallest absolute Gasteiger partial charge is 0.242 e. The summed E-state index contributed by atoms with van der Waals surface area (Å²) in [7, 11) is -2.23. The largest absolute Gasteiger partial charge is 0.497 e. The van der Waals surface area contributed by atoms with Crippen molar-refractivity contribution in [3.8, 4) is 5.75 Å². The standard InChI is InChI=1S/C12H18N2O4S/c1-18-9-4-5-12(10(13)6-9)19(16,17)14-7-11(15)8-2-3-8/h4-6,8,11,14-15H,2-3,7,13H2,1H3. The highest BCUT2D eigenvalue weighted by Gasteiger charge is 2.30. The number of aliphatic hydroxyl groups is 1. The minimum atomic E-state index is -3.71. The number of anilines is 1. The van der Waals surface area contributed by atoms with E-state index >= 15 is 0 Å². The van der Waals surface area contributed by atoms with Crippen LogP contribution in [-0.4, -0.2) is 33.3 Å². The summed E-state index contributed by atoms with van der Waals surface area (Å²) in [5.41, 5.74) is 5.82. The van der Waals surface area contributed by atoms with Gasteiger partial charge in [-0.3, -0.25) is 0 Å². The van der Waals surface area contributed by atoms with Crippen LogP contribution < -0.4 is 15.2 Å². The Morgan fingerprint density at radius 2 is 2.21 bits per heavy atom. The minimum Gasteiger partial charge on any atom is -0.497 e. The zero-order valence-corrected chi connectivity index (χ0v) is 11.5. The Bertz CT molecular complexity index is 555. The average Bonchev–Trinajstić information content (AvgIpc) is 3.19. The maximum atomic E-state index is 12.1. The summed E-state index contributed by atoms with van der Waals surface area (Å²) in [5, 5.41) is 9.67. The van der Waals surface area contributed by atoms with Gasteiger partial charge in [0.1, 0.15) is 10.6 Å². The molecule has 1 saturated carbocycles. The minimum absolute atomic E-state index is 0.00343. The Morgan fingerprint density at radius 1 is 1.53 bits per heavy atom. The molecule has 0 spiro atoms. The molecule has 0 amide bonds. The van der Waals surface area contributed by atoms with Gasteiger partial charge in [0.15, 0.2) is 0 Å². The second-order valence-corrected chi connectivity index (χ2v) is 6.40. The topological polar surface area (TPSA) is 102 Å². The van der Waals surface area contributed by atoms with Crippen molar-refractivity contribution in [2.45, 2.75) is 23.8 Å². The summed E-state index contributed by atoms with van der Waals surface area (Å²) in [6, 6.07) is 4.37. The van der Waals surface area contributed by atoms with Gasteiger partial charge >= 0.3 is 0 Å². The van der Waals surface area contributed by atoms with Crippen LogP contribution in [0, 0.1) is 5.92 Å². The Morgan fingerprint density at radius 3 is 2.74 bits per heavy atom. The molecule has 0 aliphatic heterocycles. The molecule has 106 valence electrons. The zero-order chi connectivity index (χ0) is 14.0. The van der Waals surface area contributed by atoms with Crippen LogP contribution in [0.3, 0.4) is 0 Å². The first-order valence-corrected chi connectivity index (χ1v) is 7.53. The number of benzene rings is 1. The summed E-state index contributed by atoms with van der Waals surface area (Å²) in [6.07, 6.45) is 1.27. The third kappa shape index (κ3) is 3.37. The van der Waals surface area contributed by atoms with Crippen LogP contribution in [0.2, 0.25) is 0 Å². The molecule has 1 atom stereocenters. The monoisotopic (exact) mass is 286 g/mol. The molecule has 6 nitrogen and oxygen atoms in total. The number of methoxy groups -OCH3 is 1. The van der Waals surface area contributed by atoms with Gasteiger partial charge in [0.25, 0.3) is 0 Å². The van der Waals surface area contributed by atoms with Crippen LogP contribution in [0.5, 0.6) is 5.75 Å². The van der Waals surface area contributed by atoms with Crippen molar-refractivity contribution >= 4 is 15.7 Å². The van der Waals surface area contributed by atoms with Gasteiger partial charge in [-0.2, -0.15) is 0 Å². The molecule has 0 saturated heterocycles. The van der Waals surface area contributed by atoms with Gasteiger partial charge in [0.05, 0.1) is 18.9 Å².